The van der Waals surface area contributed by atoms with E-state index in [-0.39, 0.29) is 0 Å². The number of nitrogens with one attached hydrogen (secondary N) is 1. The first-order valence-corrected chi connectivity index (χ1v) is 8.42. The molecule has 0 aromatic heterocycles. The van der Waals surface area contributed by atoms with Gasteiger partial charge in [0.15, 0.2) is 5.96 Å². The summed E-state index contributed by atoms with van der Waals surface area (Å²) in [5, 5.41) is 14.4. The van der Waals surface area contributed by atoms with Crippen molar-refractivity contribution in [2.24, 2.45) is 58.1 Å². The summed E-state index contributed by atoms with van der Waals surface area (Å²) in [6.07, 6.45) is 2.79. The first-order valence-electron chi connectivity index (χ1n) is 8.42. The second kappa shape index (κ2) is 3.93. The molecule has 4 N–H and O–H groups in total. The third kappa shape index (κ3) is 1.29. The van der Waals surface area contributed by atoms with Crippen molar-refractivity contribution in [3.8, 4) is 0 Å². The number of methoxy groups -OCH3 is 1. The number of rotatable bonds is 5. The Bertz CT molecular complexity index is 504. The highest BCUT2D eigenvalue weighted by Gasteiger charge is 2.84. The zero-order valence-electron chi connectivity index (χ0n) is 12.5. The Morgan fingerprint density at radius 1 is 1.24 bits per heavy atom. The number of nitrogens with zero attached hydrogens (tertiary/aromatic N) is 1. The SMILES string of the molecule is COCCNC(N)=NCC1(O)C2C3CC4C5C3CC2C5C41. The maximum atomic E-state index is 11.4. The molecule has 0 amide bonds. The van der Waals surface area contributed by atoms with E-state index >= 15 is 0 Å². The van der Waals surface area contributed by atoms with Crippen LogP contribution in [0.5, 0.6) is 0 Å². The third-order valence-corrected chi connectivity index (χ3v) is 7.63. The topological polar surface area (TPSA) is 79.9 Å². The Hall–Kier alpha value is -0.810. The highest BCUT2D eigenvalue weighted by Crippen LogP contribution is 2.85. The van der Waals surface area contributed by atoms with E-state index in [0.717, 1.165) is 35.5 Å². The highest BCUT2D eigenvalue weighted by molar-refractivity contribution is 5.77. The van der Waals surface area contributed by atoms with Crippen molar-refractivity contribution in [3.63, 3.8) is 0 Å². The molecule has 5 heteroatoms. The molecule has 5 rings (SSSR count). The summed E-state index contributed by atoms with van der Waals surface area (Å²) in [6, 6.07) is 0. The van der Waals surface area contributed by atoms with Crippen LogP contribution in [-0.2, 0) is 4.74 Å². The molecule has 0 aliphatic heterocycles. The molecule has 5 fully saturated rings. The predicted octanol–water partition coefficient (Wildman–Crippen LogP) is 0.0460. The number of fused-ring (bicyclic) bond motifs is 2. The summed E-state index contributed by atoms with van der Waals surface area (Å²) in [7, 11) is 1.67. The summed E-state index contributed by atoms with van der Waals surface area (Å²) in [5.41, 5.74) is 5.35. The Morgan fingerprint density at radius 2 is 2.00 bits per heavy atom. The summed E-state index contributed by atoms with van der Waals surface area (Å²) < 4.78 is 4.99. The zero-order chi connectivity index (χ0) is 14.4. The lowest BCUT2D eigenvalue weighted by Gasteiger charge is -2.51. The van der Waals surface area contributed by atoms with Gasteiger partial charge in [0.05, 0.1) is 18.8 Å². The van der Waals surface area contributed by atoms with Gasteiger partial charge >= 0.3 is 0 Å². The minimum Gasteiger partial charge on any atom is -0.387 e. The number of nitrogens with two attached hydrogens (primary N) is 1. The number of aliphatic imine (C=N–C) groups is 1. The van der Waals surface area contributed by atoms with Crippen LogP contribution in [-0.4, -0.2) is 43.5 Å². The highest BCUT2D eigenvalue weighted by atomic mass is 16.5. The van der Waals surface area contributed by atoms with E-state index in [1.165, 1.54) is 12.8 Å². The van der Waals surface area contributed by atoms with Crippen LogP contribution in [0.3, 0.4) is 0 Å². The molecular weight excluding hydrogens is 266 g/mol. The van der Waals surface area contributed by atoms with Crippen molar-refractivity contribution >= 4 is 5.96 Å². The molecule has 0 radical (unpaired) electrons. The van der Waals surface area contributed by atoms with Gasteiger partial charge in [0, 0.05) is 13.7 Å². The van der Waals surface area contributed by atoms with Gasteiger partial charge < -0.3 is 20.9 Å². The van der Waals surface area contributed by atoms with E-state index in [9.17, 15) is 5.11 Å². The largest absolute Gasteiger partial charge is 0.387 e. The summed E-state index contributed by atoms with van der Waals surface area (Å²) in [4.78, 5) is 4.47. The molecule has 5 saturated carbocycles. The van der Waals surface area contributed by atoms with E-state index in [4.69, 9.17) is 10.5 Å². The molecule has 0 heterocycles. The van der Waals surface area contributed by atoms with Gasteiger partial charge in [-0.25, -0.2) is 0 Å². The van der Waals surface area contributed by atoms with Gasteiger partial charge in [0.2, 0.25) is 0 Å². The Balaban J connectivity index is 1.33. The van der Waals surface area contributed by atoms with Crippen LogP contribution >= 0.6 is 0 Å². The molecule has 5 nitrogen and oxygen atoms in total. The van der Waals surface area contributed by atoms with Crippen LogP contribution in [0.15, 0.2) is 4.99 Å². The van der Waals surface area contributed by atoms with Crippen molar-refractivity contribution in [2.75, 3.05) is 26.8 Å². The Morgan fingerprint density at radius 3 is 2.81 bits per heavy atom. The van der Waals surface area contributed by atoms with Crippen molar-refractivity contribution in [1.82, 2.24) is 5.32 Å². The van der Waals surface area contributed by atoms with Gasteiger partial charge in [-0.15, -0.1) is 0 Å². The number of aliphatic hydroxyl groups is 1. The standard InChI is InChI=1S/C16H25N3O2/c1-21-3-2-18-15(17)19-6-16(20)13-8-5-9-11-7(8)4-10(13)12(11)14(9)16/h7-14,20H,2-6H2,1H3,(H3,17,18,19). The average molecular weight is 291 g/mol. The fourth-order valence-electron chi connectivity index (χ4n) is 7.48. The molecule has 9 atom stereocenters. The molecule has 5 aliphatic rings. The van der Waals surface area contributed by atoms with Gasteiger partial charge in [0.1, 0.15) is 0 Å². The van der Waals surface area contributed by atoms with Crippen molar-refractivity contribution in [2.45, 2.75) is 18.4 Å². The van der Waals surface area contributed by atoms with Crippen LogP contribution in [0, 0.1) is 47.3 Å². The fourth-order valence-corrected chi connectivity index (χ4v) is 7.48. The number of guanidine groups is 1. The average Bonchev–Trinajstić information content (AvgIpc) is 2.96. The number of hydrogen-bond acceptors (Lipinski definition) is 3. The van der Waals surface area contributed by atoms with E-state index in [2.05, 4.69) is 10.3 Å². The molecule has 9 unspecified atom stereocenters. The molecule has 0 aromatic carbocycles. The van der Waals surface area contributed by atoms with Crippen LogP contribution in [0.1, 0.15) is 12.8 Å². The monoisotopic (exact) mass is 291 g/mol. The van der Waals surface area contributed by atoms with E-state index < -0.39 is 5.60 Å². The summed E-state index contributed by atoms with van der Waals surface area (Å²) in [6.45, 7) is 1.77. The second-order valence-electron chi connectivity index (χ2n) is 7.95. The van der Waals surface area contributed by atoms with Crippen LogP contribution in [0.25, 0.3) is 0 Å². The molecule has 0 saturated heterocycles. The second-order valence-corrected chi connectivity index (χ2v) is 7.95. The Labute approximate surface area is 125 Å². The number of ether oxygens (including phenoxy) is 1. The normalized spacial score (nSPS) is 58.1. The van der Waals surface area contributed by atoms with Crippen molar-refractivity contribution in [1.29, 1.82) is 0 Å². The molecular formula is C16H25N3O2. The third-order valence-electron chi connectivity index (χ3n) is 7.63. The quantitative estimate of drug-likeness (QED) is 0.380. The molecule has 21 heavy (non-hydrogen) atoms. The zero-order valence-corrected chi connectivity index (χ0v) is 12.5. The van der Waals surface area contributed by atoms with Crippen LogP contribution < -0.4 is 11.1 Å². The van der Waals surface area contributed by atoms with E-state index in [0.29, 0.717) is 37.5 Å². The van der Waals surface area contributed by atoms with E-state index in [1.807, 2.05) is 0 Å². The first-order chi connectivity index (χ1) is 10.2. The summed E-state index contributed by atoms with van der Waals surface area (Å²) >= 11 is 0. The van der Waals surface area contributed by atoms with Crippen molar-refractivity contribution in [3.05, 3.63) is 0 Å². The summed E-state index contributed by atoms with van der Waals surface area (Å²) in [5.74, 6) is 6.62. The lowest BCUT2D eigenvalue weighted by molar-refractivity contribution is -0.123. The number of hydrogen-bond donors (Lipinski definition) is 3. The maximum Gasteiger partial charge on any atom is 0.188 e. The predicted molar refractivity (Wildman–Crippen MR) is 78.5 cm³/mol. The molecule has 2 bridgehead atoms. The van der Waals surface area contributed by atoms with Crippen LogP contribution in [0.4, 0.5) is 0 Å². The van der Waals surface area contributed by atoms with E-state index in [1.54, 1.807) is 7.11 Å². The first kappa shape index (κ1) is 12.7. The van der Waals surface area contributed by atoms with Gasteiger partial charge in [-0.05, 0) is 60.2 Å². The fraction of sp³-hybridized carbons (Fsp3) is 0.938. The van der Waals surface area contributed by atoms with Crippen molar-refractivity contribution < 1.29 is 9.84 Å². The minimum absolute atomic E-state index is 0.443. The Kier molecular flexibility index (Phi) is 2.38. The van der Waals surface area contributed by atoms with Crippen LogP contribution in [0.2, 0.25) is 0 Å². The minimum atomic E-state index is -0.557. The lowest BCUT2D eigenvalue weighted by atomic mass is 9.56. The lowest BCUT2D eigenvalue weighted by Crippen LogP contribution is -2.56. The molecule has 5 aliphatic carbocycles. The maximum absolute atomic E-state index is 11.4. The molecule has 116 valence electrons. The van der Waals surface area contributed by atoms with Gasteiger partial charge in [-0.1, -0.05) is 0 Å². The molecule has 0 spiro atoms. The van der Waals surface area contributed by atoms with Gasteiger partial charge in [-0.2, -0.15) is 0 Å². The molecule has 0 aromatic rings. The van der Waals surface area contributed by atoms with Gasteiger partial charge in [0.25, 0.3) is 0 Å². The smallest absolute Gasteiger partial charge is 0.188 e. The van der Waals surface area contributed by atoms with Gasteiger partial charge in [-0.3, -0.25) is 4.99 Å².